The van der Waals surface area contributed by atoms with Crippen molar-refractivity contribution < 1.29 is 9.47 Å². The molecular formula is C12H18O2S. The summed E-state index contributed by atoms with van der Waals surface area (Å²) in [6, 6.07) is 5.88. The lowest BCUT2D eigenvalue weighted by molar-refractivity contribution is 0.376. The summed E-state index contributed by atoms with van der Waals surface area (Å²) < 4.78 is 10.6. The Labute approximate surface area is 96.0 Å². The highest BCUT2D eigenvalue weighted by molar-refractivity contribution is 7.99. The van der Waals surface area contributed by atoms with Crippen molar-refractivity contribution in [1.29, 1.82) is 0 Å². The van der Waals surface area contributed by atoms with Crippen LogP contribution in [0.25, 0.3) is 0 Å². The van der Waals surface area contributed by atoms with Gasteiger partial charge in [-0.05, 0) is 24.3 Å². The summed E-state index contributed by atoms with van der Waals surface area (Å²) in [5, 5.41) is 0. The van der Waals surface area contributed by atoms with Crippen LogP contribution in [-0.4, -0.2) is 20.0 Å². The SMILES string of the molecule is CCCCSc1c(OC)cccc1OC. The van der Waals surface area contributed by atoms with Gasteiger partial charge in [0.25, 0.3) is 0 Å². The van der Waals surface area contributed by atoms with E-state index in [-0.39, 0.29) is 0 Å². The molecule has 0 saturated carbocycles. The normalized spacial score (nSPS) is 10.1. The fourth-order valence-corrected chi connectivity index (χ4v) is 2.50. The zero-order valence-electron chi connectivity index (χ0n) is 9.58. The lowest BCUT2D eigenvalue weighted by atomic mass is 10.3. The zero-order valence-corrected chi connectivity index (χ0v) is 10.4. The van der Waals surface area contributed by atoms with E-state index in [1.807, 2.05) is 18.2 Å². The van der Waals surface area contributed by atoms with E-state index < -0.39 is 0 Å². The molecule has 1 rings (SSSR count). The number of methoxy groups -OCH3 is 2. The van der Waals surface area contributed by atoms with Crippen molar-refractivity contribution in [2.75, 3.05) is 20.0 Å². The Balaban J connectivity index is 2.80. The number of hydrogen-bond donors (Lipinski definition) is 0. The van der Waals surface area contributed by atoms with Crippen LogP contribution in [0.15, 0.2) is 23.1 Å². The molecule has 84 valence electrons. The molecule has 1 aromatic carbocycles. The Morgan fingerprint density at radius 2 is 1.73 bits per heavy atom. The molecule has 0 aliphatic rings. The van der Waals surface area contributed by atoms with E-state index in [2.05, 4.69) is 6.92 Å². The maximum absolute atomic E-state index is 5.32. The second-order valence-electron chi connectivity index (χ2n) is 3.19. The molecule has 0 aromatic heterocycles. The lowest BCUT2D eigenvalue weighted by Gasteiger charge is -2.11. The highest BCUT2D eigenvalue weighted by Gasteiger charge is 2.09. The number of ether oxygens (including phenoxy) is 2. The number of thioether (sulfide) groups is 1. The second-order valence-corrected chi connectivity index (χ2v) is 4.30. The van der Waals surface area contributed by atoms with Gasteiger partial charge in [-0.2, -0.15) is 0 Å². The summed E-state index contributed by atoms with van der Waals surface area (Å²) in [5.74, 6) is 2.90. The van der Waals surface area contributed by atoms with Gasteiger partial charge in [-0.1, -0.05) is 19.4 Å². The van der Waals surface area contributed by atoms with Crippen molar-refractivity contribution in [3.05, 3.63) is 18.2 Å². The molecule has 2 nitrogen and oxygen atoms in total. The predicted molar refractivity (Wildman–Crippen MR) is 65.2 cm³/mol. The molecule has 0 aliphatic carbocycles. The molecular weight excluding hydrogens is 208 g/mol. The first-order valence-electron chi connectivity index (χ1n) is 5.17. The third-order valence-electron chi connectivity index (χ3n) is 2.13. The third-order valence-corrected chi connectivity index (χ3v) is 3.31. The van der Waals surface area contributed by atoms with Gasteiger partial charge in [0, 0.05) is 0 Å². The van der Waals surface area contributed by atoms with Crippen molar-refractivity contribution in [3.63, 3.8) is 0 Å². The van der Waals surface area contributed by atoms with Gasteiger partial charge in [0.1, 0.15) is 11.5 Å². The smallest absolute Gasteiger partial charge is 0.136 e. The van der Waals surface area contributed by atoms with Crippen LogP contribution in [0.3, 0.4) is 0 Å². The molecule has 0 aliphatic heterocycles. The number of hydrogen-bond acceptors (Lipinski definition) is 3. The van der Waals surface area contributed by atoms with E-state index >= 15 is 0 Å². The van der Waals surface area contributed by atoms with Crippen molar-refractivity contribution in [2.24, 2.45) is 0 Å². The molecule has 0 radical (unpaired) electrons. The van der Waals surface area contributed by atoms with E-state index in [1.165, 1.54) is 12.8 Å². The van der Waals surface area contributed by atoms with Crippen molar-refractivity contribution in [1.82, 2.24) is 0 Å². The molecule has 0 unspecified atom stereocenters. The van der Waals surface area contributed by atoms with E-state index in [0.29, 0.717) is 0 Å². The fourth-order valence-electron chi connectivity index (χ4n) is 1.28. The summed E-state index contributed by atoms with van der Waals surface area (Å²) in [7, 11) is 3.39. The van der Waals surface area contributed by atoms with Gasteiger partial charge in [-0.3, -0.25) is 0 Å². The zero-order chi connectivity index (χ0) is 11.1. The summed E-state index contributed by atoms with van der Waals surface area (Å²) in [4.78, 5) is 1.11. The fraction of sp³-hybridized carbons (Fsp3) is 0.500. The van der Waals surface area contributed by atoms with Crippen LogP contribution in [0, 0.1) is 0 Å². The quantitative estimate of drug-likeness (QED) is 0.545. The lowest BCUT2D eigenvalue weighted by Crippen LogP contribution is -1.92. The van der Waals surface area contributed by atoms with Crippen LogP contribution in [0.2, 0.25) is 0 Å². The predicted octanol–water partition coefficient (Wildman–Crippen LogP) is 3.60. The van der Waals surface area contributed by atoms with E-state index in [0.717, 1.165) is 22.1 Å². The molecule has 0 spiro atoms. The summed E-state index contributed by atoms with van der Waals surface area (Å²) >= 11 is 1.80. The largest absolute Gasteiger partial charge is 0.495 e. The Bertz CT molecular complexity index is 277. The third kappa shape index (κ3) is 3.34. The van der Waals surface area contributed by atoms with E-state index in [4.69, 9.17) is 9.47 Å². The first kappa shape index (κ1) is 12.2. The minimum Gasteiger partial charge on any atom is -0.495 e. The Morgan fingerprint density at radius 3 is 2.20 bits per heavy atom. The Morgan fingerprint density at radius 1 is 1.13 bits per heavy atom. The van der Waals surface area contributed by atoms with Crippen LogP contribution in [0.4, 0.5) is 0 Å². The molecule has 0 saturated heterocycles. The highest BCUT2D eigenvalue weighted by atomic mass is 32.2. The molecule has 0 atom stereocenters. The van der Waals surface area contributed by atoms with Gasteiger partial charge >= 0.3 is 0 Å². The number of benzene rings is 1. The average molecular weight is 226 g/mol. The number of unbranched alkanes of at least 4 members (excludes halogenated alkanes) is 1. The van der Waals surface area contributed by atoms with E-state index in [1.54, 1.807) is 26.0 Å². The van der Waals surface area contributed by atoms with Gasteiger partial charge in [0.2, 0.25) is 0 Å². The summed E-state index contributed by atoms with van der Waals surface area (Å²) in [6.07, 6.45) is 2.43. The number of rotatable bonds is 6. The van der Waals surface area contributed by atoms with Crippen LogP contribution in [0.5, 0.6) is 11.5 Å². The first-order valence-corrected chi connectivity index (χ1v) is 6.15. The molecule has 15 heavy (non-hydrogen) atoms. The van der Waals surface area contributed by atoms with Crippen molar-refractivity contribution in [3.8, 4) is 11.5 Å². The van der Waals surface area contributed by atoms with Gasteiger partial charge in [-0.15, -0.1) is 11.8 Å². The average Bonchev–Trinajstić information content (AvgIpc) is 2.29. The molecule has 3 heteroatoms. The molecule has 0 bridgehead atoms. The van der Waals surface area contributed by atoms with Crippen LogP contribution < -0.4 is 9.47 Å². The first-order chi connectivity index (χ1) is 7.33. The maximum atomic E-state index is 5.32. The second kappa shape index (κ2) is 6.62. The summed E-state index contributed by atoms with van der Waals surface area (Å²) in [5.41, 5.74) is 0. The molecule has 0 fully saturated rings. The van der Waals surface area contributed by atoms with Crippen molar-refractivity contribution >= 4 is 11.8 Å². The van der Waals surface area contributed by atoms with Gasteiger partial charge < -0.3 is 9.47 Å². The molecule has 1 aromatic rings. The molecule has 0 heterocycles. The minimum atomic E-state index is 0.899. The van der Waals surface area contributed by atoms with Crippen LogP contribution >= 0.6 is 11.8 Å². The molecule has 0 N–H and O–H groups in total. The maximum Gasteiger partial charge on any atom is 0.136 e. The van der Waals surface area contributed by atoms with Crippen LogP contribution in [0.1, 0.15) is 19.8 Å². The van der Waals surface area contributed by atoms with Gasteiger partial charge in [-0.25, -0.2) is 0 Å². The van der Waals surface area contributed by atoms with Gasteiger partial charge in [0.15, 0.2) is 0 Å². The Hall–Kier alpha value is -0.830. The highest BCUT2D eigenvalue weighted by Crippen LogP contribution is 2.37. The standard InChI is InChI=1S/C12H18O2S/c1-4-5-9-15-12-10(13-2)7-6-8-11(12)14-3/h6-8H,4-5,9H2,1-3H3. The Kier molecular flexibility index (Phi) is 5.40. The monoisotopic (exact) mass is 226 g/mol. The summed E-state index contributed by atoms with van der Waals surface area (Å²) in [6.45, 7) is 2.19. The van der Waals surface area contributed by atoms with Crippen molar-refractivity contribution in [2.45, 2.75) is 24.7 Å². The van der Waals surface area contributed by atoms with E-state index in [9.17, 15) is 0 Å². The van der Waals surface area contributed by atoms with Crippen LogP contribution in [-0.2, 0) is 0 Å². The molecule has 0 amide bonds. The van der Waals surface area contributed by atoms with Gasteiger partial charge in [0.05, 0.1) is 19.1 Å². The minimum absolute atomic E-state index is 0.899. The topological polar surface area (TPSA) is 18.5 Å².